The third-order valence-electron chi connectivity index (χ3n) is 3.48. The van der Waals surface area contributed by atoms with Crippen LogP contribution in [-0.2, 0) is 16.1 Å². The Morgan fingerprint density at radius 2 is 2.23 bits per heavy atom. The fourth-order valence-electron chi connectivity index (χ4n) is 2.24. The molecule has 0 aromatic carbocycles. The van der Waals surface area contributed by atoms with Crippen LogP contribution in [0.2, 0.25) is 0 Å². The summed E-state index contributed by atoms with van der Waals surface area (Å²) < 4.78 is 7.01. The Bertz CT molecular complexity index is 658. The lowest BCUT2D eigenvalue weighted by atomic mass is 10.0. The number of nitrogens with zero attached hydrogens (tertiary/aromatic N) is 4. The normalized spacial score (nSPS) is 12.5. The third-order valence-corrected chi connectivity index (χ3v) is 4.03. The van der Waals surface area contributed by atoms with Crippen LogP contribution in [0.3, 0.4) is 0 Å². The molecule has 0 fully saturated rings. The molecule has 0 spiro atoms. The van der Waals surface area contributed by atoms with Crippen LogP contribution in [0.25, 0.3) is 11.2 Å². The molecule has 0 aliphatic heterocycles. The van der Waals surface area contributed by atoms with Crippen LogP contribution in [0, 0.1) is 5.92 Å². The number of hydrogen-bond donors (Lipinski definition) is 1. The summed E-state index contributed by atoms with van der Waals surface area (Å²) in [6, 6.07) is 0. The Morgan fingerprint density at radius 1 is 1.45 bits per heavy atom. The van der Waals surface area contributed by atoms with Gasteiger partial charge in [0.25, 0.3) is 0 Å². The minimum Gasteiger partial charge on any atom is -0.466 e. The highest BCUT2D eigenvalue weighted by atomic mass is 32.2. The molecule has 7 nitrogen and oxygen atoms in total. The van der Waals surface area contributed by atoms with Crippen LogP contribution < -0.4 is 5.73 Å². The Morgan fingerprint density at radius 3 is 2.86 bits per heavy atom. The molecular formula is C14H21N5O2S. The average Bonchev–Trinajstić information content (AvgIpc) is 2.92. The maximum Gasteiger partial charge on any atom is 0.308 e. The van der Waals surface area contributed by atoms with E-state index in [9.17, 15) is 4.79 Å². The van der Waals surface area contributed by atoms with Gasteiger partial charge in [-0.3, -0.25) is 4.79 Å². The minimum absolute atomic E-state index is 0.114. The summed E-state index contributed by atoms with van der Waals surface area (Å²) in [5, 5.41) is 0.615. The van der Waals surface area contributed by atoms with Gasteiger partial charge in [-0.2, -0.15) is 0 Å². The molecule has 2 N–H and O–H groups in total. The number of rotatable bonds is 7. The van der Waals surface area contributed by atoms with Gasteiger partial charge in [0.15, 0.2) is 16.6 Å². The number of imidazole rings is 1. The zero-order valence-electron chi connectivity index (χ0n) is 13.1. The van der Waals surface area contributed by atoms with Crippen LogP contribution in [0.15, 0.2) is 11.5 Å². The van der Waals surface area contributed by atoms with Gasteiger partial charge in [-0.25, -0.2) is 15.0 Å². The standard InChI is InChI=1S/C14H21N5O2S/c1-4-9(13(20)21-5-2)6-7-19-8-16-10-11(15)17-14(22-3)18-12(10)19/h8-9H,4-7H2,1-3H3,(H2,15,17,18). The maximum atomic E-state index is 11.9. The topological polar surface area (TPSA) is 95.9 Å². The largest absolute Gasteiger partial charge is 0.466 e. The van der Waals surface area contributed by atoms with E-state index in [1.165, 1.54) is 11.8 Å². The summed E-state index contributed by atoms with van der Waals surface area (Å²) in [5.41, 5.74) is 7.20. The van der Waals surface area contributed by atoms with Crippen molar-refractivity contribution in [3.8, 4) is 0 Å². The molecule has 2 rings (SSSR count). The molecule has 0 aliphatic rings. The van der Waals surface area contributed by atoms with E-state index in [1.54, 1.807) is 6.33 Å². The van der Waals surface area contributed by atoms with Crippen LogP contribution in [0.1, 0.15) is 26.7 Å². The number of nitrogen functional groups attached to an aromatic ring is 1. The molecular weight excluding hydrogens is 302 g/mol. The lowest BCUT2D eigenvalue weighted by Gasteiger charge is -2.13. The number of carbonyl (C=O) groups is 1. The number of fused-ring (bicyclic) bond motifs is 1. The average molecular weight is 323 g/mol. The highest BCUT2D eigenvalue weighted by Crippen LogP contribution is 2.21. The highest BCUT2D eigenvalue weighted by molar-refractivity contribution is 7.98. The quantitative estimate of drug-likeness (QED) is 0.473. The van der Waals surface area contributed by atoms with Crippen LogP contribution in [0.5, 0.6) is 0 Å². The van der Waals surface area contributed by atoms with Crippen LogP contribution >= 0.6 is 11.8 Å². The van der Waals surface area contributed by atoms with E-state index in [2.05, 4.69) is 15.0 Å². The van der Waals surface area contributed by atoms with Gasteiger partial charge in [0.2, 0.25) is 0 Å². The zero-order chi connectivity index (χ0) is 16.1. The molecule has 0 amide bonds. The summed E-state index contributed by atoms with van der Waals surface area (Å²) in [6.07, 6.45) is 5.02. The van der Waals surface area contributed by atoms with Crippen molar-refractivity contribution in [1.29, 1.82) is 0 Å². The first-order valence-corrected chi connectivity index (χ1v) is 8.52. The van der Waals surface area contributed by atoms with E-state index < -0.39 is 0 Å². The summed E-state index contributed by atoms with van der Waals surface area (Å²) in [7, 11) is 0. The maximum absolute atomic E-state index is 11.9. The zero-order valence-corrected chi connectivity index (χ0v) is 13.9. The van der Waals surface area contributed by atoms with E-state index in [-0.39, 0.29) is 11.9 Å². The Labute approximate surface area is 133 Å². The first kappa shape index (κ1) is 16.5. The second-order valence-electron chi connectivity index (χ2n) is 4.85. The van der Waals surface area contributed by atoms with Gasteiger partial charge in [0.05, 0.1) is 18.9 Å². The number of esters is 1. The molecule has 0 saturated carbocycles. The molecule has 0 aliphatic carbocycles. The first-order chi connectivity index (χ1) is 10.6. The number of anilines is 1. The van der Waals surface area contributed by atoms with Crippen molar-refractivity contribution in [3.63, 3.8) is 0 Å². The van der Waals surface area contributed by atoms with Gasteiger partial charge in [0, 0.05) is 6.54 Å². The number of ether oxygens (including phenoxy) is 1. The van der Waals surface area contributed by atoms with Gasteiger partial charge in [0.1, 0.15) is 5.52 Å². The van der Waals surface area contributed by atoms with Gasteiger partial charge in [-0.15, -0.1) is 0 Å². The summed E-state index contributed by atoms with van der Waals surface area (Å²) >= 11 is 1.43. The fraction of sp³-hybridized carbons (Fsp3) is 0.571. The van der Waals surface area contributed by atoms with Crippen molar-refractivity contribution in [1.82, 2.24) is 19.5 Å². The number of nitrogens with two attached hydrogens (primary N) is 1. The van der Waals surface area contributed by atoms with Crippen molar-refractivity contribution in [2.24, 2.45) is 5.92 Å². The van der Waals surface area contributed by atoms with Crippen molar-refractivity contribution in [2.75, 3.05) is 18.6 Å². The van der Waals surface area contributed by atoms with Gasteiger partial charge >= 0.3 is 5.97 Å². The smallest absolute Gasteiger partial charge is 0.308 e. The third kappa shape index (κ3) is 3.49. The van der Waals surface area contributed by atoms with E-state index >= 15 is 0 Å². The van der Waals surface area contributed by atoms with E-state index in [4.69, 9.17) is 10.5 Å². The molecule has 2 heterocycles. The number of aromatic nitrogens is 4. The summed E-state index contributed by atoms with van der Waals surface area (Å²) in [6.45, 7) is 4.85. The molecule has 0 radical (unpaired) electrons. The second kappa shape index (κ2) is 7.44. The monoisotopic (exact) mass is 323 g/mol. The molecule has 1 atom stereocenters. The summed E-state index contributed by atoms with van der Waals surface area (Å²) in [4.78, 5) is 24.8. The number of aryl methyl sites for hydroxylation is 1. The van der Waals surface area contributed by atoms with Crippen molar-refractivity contribution in [2.45, 2.75) is 38.4 Å². The van der Waals surface area contributed by atoms with Crippen LogP contribution in [-0.4, -0.2) is 38.4 Å². The van der Waals surface area contributed by atoms with E-state index in [0.29, 0.717) is 41.7 Å². The van der Waals surface area contributed by atoms with Crippen LogP contribution in [0.4, 0.5) is 5.82 Å². The molecule has 8 heteroatoms. The number of thioether (sulfide) groups is 1. The predicted molar refractivity (Wildman–Crippen MR) is 86.5 cm³/mol. The van der Waals surface area contributed by atoms with Gasteiger partial charge < -0.3 is 15.0 Å². The van der Waals surface area contributed by atoms with Gasteiger partial charge in [-0.1, -0.05) is 18.7 Å². The fourth-order valence-corrected chi connectivity index (χ4v) is 2.61. The minimum atomic E-state index is -0.145. The molecule has 120 valence electrons. The SMILES string of the molecule is CCOC(=O)C(CC)CCn1cnc2c(N)nc(SC)nc21. The van der Waals surface area contributed by atoms with Gasteiger partial charge in [-0.05, 0) is 26.0 Å². The van der Waals surface area contributed by atoms with E-state index in [0.717, 1.165) is 6.42 Å². The first-order valence-electron chi connectivity index (χ1n) is 7.29. The number of carbonyl (C=O) groups excluding carboxylic acids is 1. The molecule has 0 saturated heterocycles. The number of hydrogen-bond acceptors (Lipinski definition) is 7. The Hall–Kier alpha value is -1.83. The Kier molecular flexibility index (Phi) is 5.59. The lowest BCUT2D eigenvalue weighted by Crippen LogP contribution is -2.19. The van der Waals surface area contributed by atoms with Crippen molar-refractivity contribution >= 4 is 34.7 Å². The molecule has 0 bridgehead atoms. The lowest BCUT2D eigenvalue weighted by molar-refractivity contribution is -0.148. The molecule has 2 aromatic rings. The predicted octanol–water partition coefficient (Wildman–Crippen LogP) is 2.11. The van der Waals surface area contributed by atoms with Crippen molar-refractivity contribution < 1.29 is 9.53 Å². The highest BCUT2D eigenvalue weighted by Gasteiger charge is 2.18. The second-order valence-corrected chi connectivity index (χ2v) is 5.63. The van der Waals surface area contributed by atoms with Crippen molar-refractivity contribution in [3.05, 3.63) is 6.33 Å². The molecule has 1 unspecified atom stereocenters. The molecule has 22 heavy (non-hydrogen) atoms. The summed E-state index contributed by atoms with van der Waals surface area (Å²) in [5.74, 6) is 0.121. The molecule has 2 aromatic heterocycles. The van der Waals surface area contributed by atoms with E-state index in [1.807, 2.05) is 24.7 Å². The Balaban J connectivity index is 2.17.